The van der Waals surface area contributed by atoms with Crippen LogP contribution in [0.4, 0.5) is 0 Å². The molecule has 0 aliphatic rings. The van der Waals surface area contributed by atoms with Crippen LogP contribution in [0.2, 0.25) is 0 Å². The Kier molecular flexibility index (Phi) is 4.32. The number of methoxy groups -OCH3 is 1. The van der Waals surface area contributed by atoms with E-state index >= 15 is 0 Å². The average molecular weight is 129 g/mol. The van der Waals surface area contributed by atoms with Gasteiger partial charge in [-0.2, -0.15) is 0 Å². The summed E-state index contributed by atoms with van der Waals surface area (Å²) in [7, 11) is 1.53. The average Bonchev–Trinajstić information content (AvgIpc) is 1.82. The fraction of sp³-hybridized carbons (Fsp3) is 0.857. The van der Waals surface area contributed by atoms with Crippen molar-refractivity contribution in [2.45, 2.75) is 26.4 Å². The first kappa shape index (κ1) is 8.63. The molecule has 53 valence electrons. The van der Waals surface area contributed by atoms with Gasteiger partial charge in [-0.05, 0) is 12.3 Å². The van der Waals surface area contributed by atoms with Crippen molar-refractivity contribution < 1.29 is 9.53 Å². The van der Waals surface area contributed by atoms with Gasteiger partial charge in [0.05, 0.1) is 0 Å². The van der Waals surface area contributed by atoms with Gasteiger partial charge >= 0.3 is 0 Å². The largest absolute Gasteiger partial charge is 0.373 e. The first-order valence-electron chi connectivity index (χ1n) is 3.11. The maximum absolute atomic E-state index is 10.0. The van der Waals surface area contributed by atoms with Gasteiger partial charge in [-0.3, -0.25) is 4.79 Å². The molecule has 0 rings (SSSR count). The summed E-state index contributed by atoms with van der Waals surface area (Å²) in [6.07, 6.45) is 2.25. The number of carbonyl (C=O) groups excluding carboxylic acids is 1. The molecule has 0 aromatic heterocycles. The second-order valence-corrected chi connectivity index (χ2v) is 2.47. The molecule has 2 nitrogen and oxygen atoms in total. The predicted octanol–water partition coefficient (Wildman–Crippen LogP) is 1.16. The number of hydrogen-bond donors (Lipinski definition) is 0. The summed E-state index contributed by atoms with van der Waals surface area (Å²) in [5, 5.41) is 0. The van der Waals surface area contributed by atoms with Crippen molar-refractivity contribution in [3.05, 3.63) is 0 Å². The molecule has 0 spiro atoms. The van der Waals surface area contributed by atoms with Crippen molar-refractivity contribution in [3.63, 3.8) is 0 Å². The van der Waals surface area contributed by atoms with Crippen LogP contribution in [-0.2, 0) is 9.53 Å². The zero-order chi connectivity index (χ0) is 7.28. The SMILES string of the molecule is COC([C]=O)CC(C)C. The van der Waals surface area contributed by atoms with E-state index in [1.165, 1.54) is 7.11 Å². The molecule has 0 N–H and O–H groups in total. The summed E-state index contributed by atoms with van der Waals surface area (Å²) >= 11 is 0. The normalized spacial score (nSPS) is 13.8. The lowest BCUT2D eigenvalue weighted by atomic mass is 10.1. The van der Waals surface area contributed by atoms with Crippen LogP contribution in [0.5, 0.6) is 0 Å². The zero-order valence-corrected chi connectivity index (χ0v) is 6.18. The van der Waals surface area contributed by atoms with Crippen LogP contribution in [0, 0.1) is 5.92 Å². The molecule has 1 atom stereocenters. The molecule has 0 saturated carbocycles. The third kappa shape index (κ3) is 4.15. The van der Waals surface area contributed by atoms with E-state index in [2.05, 4.69) is 0 Å². The maximum Gasteiger partial charge on any atom is 0.229 e. The zero-order valence-electron chi connectivity index (χ0n) is 6.18. The number of ether oxygens (including phenoxy) is 1. The van der Waals surface area contributed by atoms with Crippen molar-refractivity contribution >= 4 is 6.29 Å². The van der Waals surface area contributed by atoms with E-state index in [1.54, 1.807) is 0 Å². The van der Waals surface area contributed by atoms with Crippen LogP contribution in [-0.4, -0.2) is 19.5 Å². The monoisotopic (exact) mass is 129 g/mol. The van der Waals surface area contributed by atoms with Crippen LogP contribution in [0.25, 0.3) is 0 Å². The first-order valence-corrected chi connectivity index (χ1v) is 3.11. The number of hydrogen-bond acceptors (Lipinski definition) is 2. The second-order valence-electron chi connectivity index (χ2n) is 2.47. The Bertz CT molecular complexity index is 79.0. The molecular weight excluding hydrogens is 116 g/mol. The van der Waals surface area contributed by atoms with E-state index in [0.29, 0.717) is 5.92 Å². The molecule has 0 aliphatic carbocycles. The van der Waals surface area contributed by atoms with Gasteiger partial charge in [0, 0.05) is 7.11 Å². The Morgan fingerprint density at radius 2 is 2.11 bits per heavy atom. The topological polar surface area (TPSA) is 26.3 Å². The fourth-order valence-electron chi connectivity index (χ4n) is 0.621. The summed E-state index contributed by atoms with van der Waals surface area (Å²) in [5.74, 6) is 0.497. The molecule has 0 aromatic rings. The summed E-state index contributed by atoms with van der Waals surface area (Å²) in [4.78, 5) is 10.0. The third-order valence-corrected chi connectivity index (χ3v) is 1.10. The van der Waals surface area contributed by atoms with Crippen molar-refractivity contribution in [2.75, 3.05) is 7.11 Å². The maximum atomic E-state index is 10.0. The second kappa shape index (κ2) is 4.50. The lowest BCUT2D eigenvalue weighted by Crippen LogP contribution is -2.14. The van der Waals surface area contributed by atoms with E-state index < -0.39 is 0 Å². The fourth-order valence-corrected chi connectivity index (χ4v) is 0.621. The Hall–Kier alpha value is -0.370. The molecule has 1 radical (unpaired) electrons. The lowest BCUT2D eigenvalue weighted by Gasteiger charge is -2.08. The smallest absolute Gasteiger partial charge is 0.229 e. The van der Waals surface area contributed by atoms with Crippen molar-refractivity contribution in [2.24, 2.45) is 5.92 Å². The third-order valence-electron chi connectivity index (χ3n) is 1.10. The molecule has 2 heteroatoms. The standard InChI is InChI=1S/C7H13O2/c1-6(2)4-7(5-8)9-3/h6-7H,4H2,1-3H3. The van der Waals surface area contributed by atoms with E-state index in [1.807, 2.05) is 20.1 Å². The van der Waals surface area contributed by atoms with Crippen LogP contribution in [0.1, 0.15) is 20.3 Å². The van der Waals surface area contributed by atoms with Crippen LogP contribution >= 0.6 is 0 Å². The van der Waals surface area contributed by atoms with E-state index in [4.69, 9.17) is 4.74 Å². The van der Waals surface area contributed by atoms with Gasteiger partial charge in [0.25, 0.3) is 0 Å². The highest BCUT2D eigenvalue weighted by atomic mass is 16.5. The first-order chi connectivity index (χ1) is 4.20. The van der Waals surface area contributed by atoms with Gasteiger partial charge in [-0.25, -0.2) is 0 Å². The molecule has 0 fully saturated rings. The summed E-state index contributed by atoms with van der Waals surface area (Å²) in [5.41, 5.74) is 0. The molecule has 0 amide bonds. The minimum Gasteiger partial charge on any atom is -0.373 e. The van der Waals surface area contributed by atoms with Gasteiger partial charge in [-0.1, -0.05) is 13.8 Å². The van der Waals surface area contributed by atoms with Crippen LogP contribution < -0.4 is 0 Å². The molecule has 1 unspecified atom stereocenters. The Morgan fingerprint density at radius 3 is 2.22 bits per heavy atom. The Labute approximate surface area is 56.2 Å². The van der Waals surface area contributed by atoms with Crippen molar-refractivity contribution in [1.82, 2.24) is 0 Å². The van der Waals surface area contributed by atoms with E-state index in [9.17, 15) is 4.79 Å². The lowest BCUT2D eigenvalue weighted by molar-refractivity contribution is 0.133. The quantitative estimate of drug-likeness (QED) is 0.569. The number of rotatable bonds is 4. The molecule has 0 aliphatic heterocycles. The molecule has 9 heavy (non-hydrogen) atoms. The Balaban J connectivity index is 3.42. The highest BCUT2D eigenvalue weighted by Crippen LogP contribution is 2.04. The van der Waals surface area contributed by atoms with Gasteiger partial charge in [-0.15, -0.1) is 0 Å². The van der Waals surface area contributed by atoms with Crippen molar-refractivity contribution in [3.8, 4) is 0 Å². The predicted molar refractivity (Wildman–Crippen MR) is 35.9 cm³/mol. The molecule has 0 saturated heterocycles. The minimum atomic E-state index is -0.329. The summed E-state index contributed by atoms with van der Waals surface area (Å²) in [6, 6.07) is 0. The van der Waals surface area contributed by atoms with Crippen molar-refractivity contribution in [1.29, 1.82) is 0 Å². The minimum absolute atomic E-state index is 0.329. The van der Waals surface area contributed by atoms with E-state index in [0.717, 1.165) is 6.42 Å². The van der Waals surface area contributed by atoms with Gasteiger partial charge in [0.2, 0.25) is 6.29 Å². The van der Waals surface area contributed by atoms with Gasteiger partial charge in [0.15, 0.2) is 0 Å². The molecular formula is C7H13O2. The molecule has 0 aromatic carbocycles. The molecule has 0 heterocycles. The highest BCUT2D eigenvalue weighted by Gasteiger charge is 2.07. The van der Waals surface area contributed by atoms with Gasteiger partial charge < -0.3 is 4.74 Å². The summed E-state index contributed by atoms with van der Waals surface area (Å²) < 4.78 is 4.79. The Morgan fingerprint density at radius 1 is 1.56 bits per heavy atom. The van der Waals surface area contributed by atoms with Crippen LogP contribution in [0.3, 0.4) is 0 Å². The highest BCUT2D eigenvalue weighted by molar-refractivity contribution is 5.56. The molecule has 0 bridgehead atoms. The van der Waals surface area contributed by atoms with Gasteiger partial charge in [0.1, 0.15) is 6.10 Å². The van der Waals surface area contributed by atoms with Crippen LogP contribution in [0.15, 0.2) is 0 Å². The summed E-state index contributed by atoms with van der Waals surface area (Å²) in [6.45, 7) is 4.09. The van der Waals surface area contributed by atoms with E-state index in [-0.39, 0.29) is 6.10 Å².